The first kappa shape index (κ1) is 18.8. The summed E-state index contributed by atoms with van der Waals surface area (Å²) >= 11 is 0. The molecule has 1 aromatic rings. The normalized spacial score (nSPS) is 21.3. The number of hydrogen-bond donors (Lipinski definition) is 2. The molecule has 24 heavy (non-hydrogen) atoms. The molecule has 2 atom stereocenters. The van der Waals surface area contributed by atoms with Crippen LogP contribution in [0.1, 0.15) is 65.4 Å². The molecular formula is C20H32N2O2. The number of anilines is 1. The van der Waals surface area contributed by atoms with Gasteiger partial charge >= 0.3 is 6.09 Å². The molecule has 2 unspecified atom stereocenters. The van der Waals surface area contributed by atoms with Crippen molar-refractivity contribution in [3.05, 3.63) is 29.8 Å². The number of benzene rings is 1. The first-order valence-electron chi connectivity index (χ1n) is 9.19. The summed E-state index contributed by atoms with van der Waals surface area (Å²) in [5.41, 5.74) is 1.52. The van der Waals surface area contributed by atoms with Crippen LogP contribution in [0, 0.1) is 5.92 Å². The van der Waals surface area contributed by atoms with Gasteiger partial charge in [-0.15, -0.1) is 0 Å². The maximum Gasteiger partial charge on any atom is 0.412 e. The standard InChI is InChI=1S/C20H32N2O2/c1-5-16-8-6-7-9-18(16)21-14-15-10-12-17(13-11-15)22-19(23)24-20(2,3)4/h10-13,16,18,21H,5-9,14H2,1-4H3,(H,22,23). The molecule has 0 aliphatic heterocycles. The van der Waals surface area contributed by atoms with E-state index < -0.39 is 11.7 Å². The smallest absolute Gasteiger partial charge is 0.412 e. The number of amides is 1. The van der Waals surface area contributed by atoms with Crippen molar-refractivity contribution in [1.29, 1.82) is 0 Å². The highest BCUT2D eigenvalue weighted by Crippen LogP contribution is 2.27. The van der Waals surface area contributed by atoms with Crippen LogP contribution in [0.2, 0.25) is 0 Å². The summed E-state index contributed by atoms with van der Waals surface area (Å²) in [6.07, 6.45) is 6.20. The zero-order chi connectivity index (χ0) is 17.6. The molecule has 0 spiro atoms. The maximum atomic E-state index is 11.8. The van der Waals surface area contributed by atoms with Crippen molar-refractivity contribution in [2.45, 2.75) is 78.0 Å². The van der Waals surface area contributed by atoms with Gasteiger partial charge in [-0.2, -0.15) is 0 Å². The fourth-order valence-electron chi connectivity index (χ4n) is 3.34. The highest BCUT2D eigenvalue weighted by atomic mass is 16.6. The molecule has 4 nitrogen and oxygen atoms in total. The van der Waals surface area contributed by atoms with Crippen LogP contribution in [-0.4, -0.2) is 17.7 Å². The van der Waals surface area contributed by atoms with E-state index >= 15 is 0 Å². The number of nitrogens with one attached hydrogen (secondary N) is 2. The van der Waals surface area contributed by atoms with Crippen molar-refractivity contribution in [3.8, 4) is 0 Å². The Labute approximate surface area is 146 Å². The largest absolute Gasteiger partial charge is 0.444 e. The lowest BCUT2D eigenvalue weighted by molar-refractivity contribution is 0.0636. The first-order valence-corrected chi connectivity index (χ1v) is 9.19. The van der Waals surface area contributed by atoms with Crippen LogP contribution in [0.5, 0.6) is 0 Å². The first-order chi connectivity index (χ1) is 11.4. The fraction of sp³-hybridized carbons (Fsp3) is 0.650. The van der Waals surface area contributed by atoms with Gasteiger partial charge < -0.3 is 10.1 Å². The van der Waals surface area contributed by atoms with E-state index in [0.29, 0.717) is 6.04 Å². The molecule has 1 aliphatic rings. The second-order valence-electron chi connectivity index (χ2n) is 7.76. The molecule has 0 saturated heterocycles. The summed E-state index contributed by atoms with van der Waals surface area (Å²) < 4.78 is 5.26. The van der Waals surface area contributed by atoms with Crippen molar-refractivity contribution >= 4 is 11.8 Å². The molecule has 0 heterocycles. The lowest BCUT2D eigenvalue weighted by atomic mass is 9.83. The molecule has 0 radical (unpaired) electrons. The third kappa shape index (κ3) is 6.16. The maximum absolute atomic E-state index is 11.8. The average molecular weight is 332 g/mol. The highest BCUT2D eigenvalue weighted by molar-refractivity contribution is 5.84. The van der Waals surface area contributed by atoms with Gasteiger partial charge in [0.15, 0.2) is 0 Å². The van der Waals surface area contributed by atoms with Crippen LogP contribution < -0.4 is 10.6 Å². The molecule has 0 aromatic heterocycles. The van der Waals surface area contributed by atoms with E-state index in [1.54, 1.807) is 0 Å². The van der Waals surface area contributed by atoms with Gasteiger partial charge in [-0.05, 0) is 57.2 Å². The molecule has 4 heteroatoms. The van der Waals surface area contributed by atoms with Crippen molar-refractivity contribution < 1.29 is 9.53 Å². The van der Waals surface area contributed by atoms with E-state index in [4.69, 9.17) is 4.74 Å². The minimum absolute atomic E-state index is 0.415. The molecule has 1 aromatic carbocycles. The second kappa shape index (κ2) is 8.52. The predicted octanol–water partition coefficient (Wildman–Crippen LogP) is 5.09. The van der Waals surface area contributed by atoms with E-state index in [2.05, 4.69) is 29.7 Å². The van der Waals surface area contributed by atoms with E-state index in [9.17, 15) is 4.79 Å². The Kier molecular flexibility index (Phi) is 6.67. The Hall–Kier alpha value is -1.55. The fourth-order valence-corrected chi connectivity index (χ4v) is 3.34. The molecule has 134 valence electrons. The van der Waals surface area contributed by atoms with Gasteiger partial charge in [0.05, 0.1) is 0 Å². The summed E-state index contributed by atoms with van der Waals surface area (Å²) in [7, 11) is 0. The lowest BCUT2D eigenvalue weighted by Gasteiger charge is -2.31. The monoisotopic (exact) mass is 332 g/mol. The molecule has 1 amide bonds. The van der Waals surface area contributed by atoms with Crippen LogP contribution in [-0.2, 0) is 11.3 Å². The van der Waals surface area contributed by atoms with Gasteiger partial charge in [-0.25, -0.2) is 4.79 Å². The van der Waals surface area contributed by atoms with E-state index in [-0.39, 0.29) is 0 Å². The van der Waals surface area contributed by atoms with Gasteiger partial charge in [0.1, 0.15) is 5.60 Å². The van der Waals surface area contributed by atoms with Crippen LogP contribution in [0.4, 0.5) is 10.5 Å². The predicted molar refractivity (Wildman–Crippen MR) is 99.2 cm³/mol. The molecule has 2 N–H and O–H groups in total. The molecule has 1 saturated carbocycles. The minimum Gasteiger partial charge on any atom is -0.444 e. The molecule has 1 aliphatic carbocycles. The Morgan fingerprint density at radius 3 is 2.46 bits per heavy atom. The summed E-state index contributed by atoms with van der Waals surface area (Å²) in [5, 5.41) is 6.48. The number of rotatable bonds is 5. The summed E-state index contributed by atoms with van der Waals surface area (Å²) in [6.45, 7) is 8.75. The van der Waals surface area contributed by atoms with Gasteiger partial charge in [-0.1, -0.05) is 38.3 Å². The van der Waals surface area contributed by atoms with Crippen LogP contribution in [0.25, 0.3) is 0 Å². The van der Waals surface area contributed by atoms with Crippen molar-refractivity contribution in [2.24, 2.45) is 5.92 Å². The molecule has 1 fully saturated rings. The Balaban J connectivity index is 1.82. The van der Waals surface area contributed by atoms with Crippen LogP contribution in [0.3, 0.4) is 0 Å². The molecule has 0 bridgehead atoms. The third-order valence-corrected chi connectivity index (χ3v) is 4.60. The Morgan fingerprint density at radius 2 is 1.83 bits per heavy atom. The SMILES string of the molecule is CCC1CCCCC1NCc1ccc(NC(=O)OC(C)(C)C)cc1. The second-order valence-corrected chi connectivity index (χ2v) is 7.76. The number of hydrogen-bond acceptors (Lipinski definition) is 3. The van der Waals surface area contributed by atoms with Crippen LogP contribution >= 0.6 is 0 Å². The summed E-state index contributed by atoms with van der Waals surface area (Å²) in [5.74, 6) is 0.812. The number of carbonyl (C=O) groups is 1. The minimum atomic E-state index is -0.482. The van der Waals surface area contributed by atoms with Gasteiger partial charge in [0, 0.05) is 18.3 Å². The zero-order valence-corrected chi connectivity index (χ0v) is 15.5. The van der Waals surface area contributed by atoms with Crippen LogP contribution in [0.15, 0.2) is 24.3 Å². The van der Waals surface area contributed by atoms with Gasteiger partial charge in [0.2, 0.25) is 0 Å². The van der Waals surface area contributed by atoms with E-state index in [1.165, 1.54) is 37.7 Å². The van der Waals surface area contributed by atoms with Gasteiger partial charge in [0.25, 0.3) is 0 Å². The van der Waals surface area contributed by atoms with E-state index in [1.807, 2.05) is 32.9 Å². The van der Waals surface area contributed by atoms with E-state index in [0.717, 1.165) is 18.2 Å². The van der Waals surface area contributed by atoms with Crippen molar-refractivity contribution in [1.82, 2.24) is 5.32 Å². The highest BCUT2D eigenvalue weighted by Gasteiger charge is 2.22. The Bertz CT molecular complexity index is 519. The third-order valence-electron chi connectivity index (χ3n) is 4.60. The average Bonchev–Trinajstić information content (AvgIpc) is 2.52. The quantitative estimate of drug-likeness (QED) is 0.789. The summed E-state index contributed by atoms with van der Waals surface area (Å²) in [6, 6.07) is 8.62. The Morgan fingerprint density at radius 1 is 1.17 bits per heavy atom. The number of carbonyl (C=O) groups excluding carboxylic acids is 1. The molecular weight excluding hydrogens is 300 g/mol. The van der Waals surface area contributed by atoms with Crippen molar-refractivity contribution in [2.75, 3.05) is 5.32 Å². The van der Waals surface area contributed by atoms with Crippen molar-refractivity contribution in [3.63, 3.8) is 0 Å². The number of ether oxygens (including phenoxy) is 1. The molecule has 2 rings (SSSR count). The lowest BCUT2D eigenvalue weighted by Crippen LogP contribution is -2.37. The van der Waals surface area contributed by atoms with Gasteiger partial charge in [-0.3, -0.25) is 5.32 Å². The zero-order valence-electron chi connectivity index (χ0n) is 15.5. The topological polar surface area (TPSA) is 50.4 Å². The summed E-state index contributed by atoms with van der Waals surface area (Å²) in [4.78, 5) is 11.8.